The fraction of sp³-hybridized carbons (Fsp3) is 0.500. The summed E-state index contributed by atoms with van der Waals surface area (Å²) in [7, 11) is 3.76. The summed E-state index contributed by atoms with van der Waals surface area (Å²) in [5, 5.41) is 9.25. The van der Waals surface area contributed by atoms with Crippen LogP contribution in [0.25, 0.3) is 0 Å². The van der Waals surface area contributed by atoms with E-state index in [4.69, 9.17) is 9.47 Å². The van der Waals surface area contributed by atoms with Gasteiger partial charge in [-0.1, -0.05) is 23.9 Å². The molecule has 8 heteroatoms. The molecular weight excluding hydrogens is 352 g/mol. The van der Waals surface area contributed by atoms with Crippen LogP contribution in [-0.2, 0) is 11.8 Å². The van der Waals surface area contributed by atoms with E-state index < -0.39 is 0 Å². The molecule has 2 aliphatic rings. The summed E-state index contributed by atoms with van der Waals surface area (Å²) in [6.07, 6.45) is 2.20. The first-order valence-electron chi connectivity index (χ1n) is 8.76. The number of amides is 1. The van der Waals surface area contributed by atoms with Crippen LogP contribution in [-0.4, -0.2) is 57.6 Å². The van der Waals surface area contributed by atoms with Crippen molar-refractivity contribution in [3.63, 3.8) is 0 Å². The predicted octanol–water partition coefficient (Wildman–Crippen LogP) is 2.08. The number of rotatable bonds is 6. The lowest BCUT2D eigenvalue weighted by Gasteiger charge is -2.29. The minimum Gasteiger partial charge on any atom is -0.486 e. The van der Waals surface area contributed by atoms with Crippen molar-refractivity contribution >= 4 is 17.7 Å². The molecule has 138 valence electrons. The highest BCUT2D eigenvalue weighted by Crippen LogP contribution is 2.39. The van der Waals surface area contributed by atoms with Gasteiger partial charge in [0.2, 0.25) is 5.91 Å². The molecule has 1 aromatic heterocycles. The Morgan fingerprint density at radius 3 is 2.85 bits per heavy atom. The molecule has 0 saturated heterocycles. The minimum absolute atomic E-state index is 0.0356. The summed E-state index contributed by atoms with van der Waals surface area (Å²) in [6.45, 7) is 0.926. The van der Waals surface area contributed by atoms with Crippen molar-refractivity contribution in [3.05, 3.63) is 30.1 Å². The average molecular weight is 374 g/mol. The Morgan fingerprint density at radius 2 is 2.08 bits per heavy atom. The largest absolute Gasteiger partial charge is 0.486 e. The normalized spacial score (nSPS) is 18.6. The molecule has 1 saturated carbocycles. The third-order valence-corrected chi connectivity index (χ3v) is 5.61. The summed E-state index contributed by atoms with van der Waals surface area (Å²) in [4.78, 5) is 14.1. The highest BCUT2D eigenvalue weighted by Gasteiger charge is 2.29. The third-order valence-electron chi connectivity index (χ3n) is 4.61. The van der Waals surface area contributed by atoms with Crippen LogP contribution in [0.1, 0.15) is 24.6 Å². The highest BCUT2D eigenvalue weighted by atomic mass is 32.2. The van der Waals surface area contributed by atoms with Crippen LogP contribution in [0, 0.1) is 0 Å². The van der Waals surface area contributed by atoms with Gasteiger partial charge in [-0.3, -0.25) is 4.79 Å². The molecule has 1 fully saturated rings. The van der Waals surface area contributed by atoms with Crippen molar-refractivity contribution in [2.24, 2.45) is 7.05 Å². The lowest BCUT2D eigenvalue weighted by atomic mass is 10.2. The van der Waals surface area contributed by atoms with Crippen LogP contribution in [0.2, 0.25) is 0 Å². The van der Waals surface area contributed by atoms with Crippen molar-refractivity contribution in [2.75, 3.05) is 26.0 Å². The van der Waals surface area contributed by atoms with Crippen molar-refractivity contribution < 1.29 is 14.3 Å². The molecule has 1 amide bonds. The maximum Gasteiger partial charge on any atom is 0.232 e. The van der Waals surface area contributed by atoms with Gasteiger partial charge in [-0.15, -0.1) is 10.2 Å². The molecular formula is C18H22N4O3S. The van der Waals surface area contributed by atoms with Crippen molar-refractivity contribution in [2.45, 2.75) is 30.0 Å². The molecule has 0 unspecified atom stereocenters. The van der Waals surface area contributed by atoms with Crippen LogP contribution < -0.4 is 9.47 Å². The van der Waals surface area contributed by atoms with Gasteiger partial charge in [-0.05, 0) is 25.0 Å². The maximum atomic E-state index is 12.5. The van der Waals surface area contributed by atoms with E-state index in [1.807, 2.05) is 35.9 Å². The number of ether oxygens (including phenoxy) is 2. The van der Waals surface area contributed by atoms with Gasteiger partial charge in [0, 0.05) is 20.0 Å². The number of fused-ring (bicyclic) bond motifs is 1. The first-order chi connectivity index (χ1) is 12.6. The van der Waals surface area contributed by atoms with E-state index in [0.29, 0.717) is 24.8 Å². The Labute approximate surface area is 156 Å². The predicted molar refractivity (Wildman–Crippen MR) is 97.7 cm³/mol. The number of likely N-dealkylation sites (N-methyl/N-ethyl adjacent to an activating group) is 1. The molecule has 7 nitrogen and oxygen atoms in total. The van der Waals surface area contributed by atoms with Gasteiger partial charge in [0.15, 0.2) is 22.8 Å². The molecule has 1 aliphatic carbocycles. The number of carbonyl (C=O) groups excluding carboxylic acids is 1. The zero-order valence-corrected chi connectivity index (χ0v) is 15.7. The minimum atomic E-state index is -0.167. The Bertz CT molecular complexity index is 805. The van der Waals surface area contributed by atoms with Crippen LogP contribution in [0.4, 0.5) is 0 Å². The number of carbonyl (C=O) groups is 1. The molecule has 2 aromatic rings. The Hall–Kier alpha value is -2.22. The van der Waals surface area contributed by atoms with E-state index in [1.54, 1.807) is 11.9 Å². The molecule has 1 aliphatic heterocycles. The molecule has 26 heavy (non-hydrogen) atoms. The molecule has 0 bridgehead atoms. The maximum absolute atomic E-state index is 12.5. The zero-order chi connectivity index (χ0) is 18.1. The van der Waals surface area contributed by atoms with Crippen molar-refractivity contribution in [1.82, 2.24) is 19.7 Å². The van der Waals surface area contributed by atoms with Gasteiger partial charge in [-0.25, -0.2) is 0 Å². The average Bonchev–Trinajstić information content (AvgIpc) is 3.43. The summed E-state index contributed by atoms with van der Waals surface area (Å²) in [6, 6.07) is 7.59. The standard InChI is InChI=1S/C18H22N4O3S/c1-21(9-13-10-24-14-5-3-4-6-15(14)25-13)16(23)11-26-18-20-19-17(22(18)2)12-7-8-12/h3-6,12-13H,7-11H2,1-2H3/t13-/m0/s1. The van der Waals surface area contributed by atoms with Gasteiger partial charge in [0.05, 0.1) is 12.3 Å². The van der Waals surface area contributed by atoms with Crippen LogP contribution >= 0.6 is 11.8 Å². The van der Waals surface area contributed by atoms with E-state index in [2.05, 4.69) is 10.2 Å². The first-order valence-corrected chi connectivity index (χ1v) is 9.75. The van der Waals surface area contributed by atoms with E-state index in [1.165, 1.54) is 24.6 Å². The second-order valence-corrected chi connectivity index (χ2v) is 7.68. The number of hydrogen-bond donors (Lipinski definition) is 0. The molecule has 2 heterocycles. The summed E-state index contributed by atoms with van der Waals surface area (Å²) >= 11 is 1.43. The second kappa shape index (κ2) is 7.19. The number of para-hydroxylation sites is 2. The molecule has 4 rings (SSSR count). The first kappa shape index (κ1) is 17.2. The van der Waals surface area contributed by atoms with Crippen LogP contribution in [0.5, 0.6) is 11.5 Å². The monoisotopic (exact) mass is 374 g/mol. The van der Waals surface area contributed by atoms with E-state index in [9.17, 15) is 4.79 Å². The number of hydrogen-bond acceptors (Lipinski definition) is 6. The topological polar surface area (TPSA) is 69.5 Å². The SMILES string of the molecule is CN(C[C@H]1COc2ccccc2O1)C(=O)CSc1nnc(C2CC2)n1C. The molecule has 1 aromatic carbocycles. The van der Waals surface area contributed by atoms with E-state index >= 15 is 0 Å². The highest BCUT2D eigenvalue weighted by molar-refractivity contribution is 7.99. The van der Waals surface area contributed by atoms with Crippen molar-refractivity contribution in [1.29, 1.82) is 0 Å². The van der Waals surface area contributed by atoms with Crippen LogP contribution in [0.15, 0.2) is 29.4 Å². The Morgan fingerprint density at radius 1 is 1.31 bits per heavy atom. The van der Waals surface area contributed by atoms with Crippen molar-refractivity contribution in [3.8, 4) is 11.5 Å². The quantitative estimate of drug-likeness (QED) is 0.721. The fourth-order valence-electron chi connectivity index (χ4n) is 2.95. The molecule has 0 N–H and O–H groups in total. The lowest BCUT2D eigenvalue weighted by Crippen LogP contribution is -2.42. The van der Waals surface area contributed by atoms with Gasteiger partial charge in [-0.2, -0.15) is 0 Å². The number of nitrogens with zero attached hydrogens (tertiary/aromatic N) is 4. The van der Waals surface area contributed by atoms with Gasteiger partial charge in [0.25, 0.3) is 0 Å². The van der Waals surface area contributed by atoms with E-state index in [-0.39, 0.29) is 12.0 Å². The summed E-state index contributed by atoms with van der Waals surface area (Å²) in [5.41, 5.74) is 0. The summed E-state index contributed by atoms with van der Waals surface area (Å²) < 4.78 is 13.6. The Kier molecular flexibility index (Phi) is 4.76. The smallest absolute Gasteiger partial charge is 0.232 e. The summed E-state index contributed by atoms with van der Waals surface area (Å²) in [5.74, 6) is 3.42. The molecule has 0 radical (unpaired) electrons. The fourth-order valence-corrected chi connectivity index (χ4v) is 3.80. The third kappa shape index (κ3) is 3.65. The lowest BCUT2D eigenvalue weighted by molar-refractivity contribution is -0.128. The second-order valence-electron chi connectivity index (χ2n) is 6.73. The number of thioether (sulfide) groups is 1. The van der Waals surface area contributed by atoms with Crippen LogP contribution in [0.3, 0.4) is 0 Å². The number of benzene rings is 1. The van der Waals surface area contributed by atoms with E-state index in [0.717, 1.165) is 22.5 Å². The van der Waals surface area contributed by atoms with Gasteiger partial charge in [0.1, 0.15) is 12.4 Å². The van der Waals surface area contributed by atoms with Gasteiger partial charge >= 0.3 is 0 Å². The Balaban J connectivity index is 1.28. The zero-order valence-electron chi connectivity index (χ0n) is 14.9. The molecule has 1 atom stereocenters. The number of aromatic nitrogens is 3. The molecule has 0 spiro atoms. The van der Waals surface area contributed by atoms with Gasteiger partial charge < -0.3 is 18.9 Å².